The molecule has 0 rings (SSSR count). The highest BCUT2D eigenvalue weighted by Crippen LogP contribution is 2.12. The Morgan fingerprint density at radius 3 is 2.30 bits per heavy atom. The quantitative estimate of drug-likeness (QED) is 0.525. The molecule has 60 valence electrons. The van der Waals surface area contributed by atoms with Gasteiger partial charge in [0.05, 0.1) is 6.26 Å². The van der Waals surface area contributed by atoms with E-state index >= 15 is 0 Å². The molecule has 0 saturated heterocycles. The van der Waals surface area contributed by atoms with Gasteiger partial charge in [-0.1, -0.05) is 22.9 Å². The van der Waals surface area contributed by atoms with Crippen LogP contribution in [-0.4, -0.2) is 8.32 Å². The molecule has 0 heterocycles. The van der Waals surface area contributed by atoms with Crippen molar-refractivity contribution in [3.8, 4) is 0 Å². The summed E-state index contributed by atoms with van der Waals surface area (Å²) in [5, 5.41) is 0. The summed E-state index contributed by atoms with van der Waals surface area (Å²) in [5.41, 5.74) is 0. The van der Waals surface area contributed by atoms with Gasteiger partial charge in [0.25, 0.3) is 0 Å². The highest BCUT2D eigenvalue weighted by molar-refractivity contribution is 9.11. The van der Waals surface area contributed by atoms with Crippen LogP contribution in [-0.2, 0) is 4.43 Å². The lowest BCUT2D eigenvalue weighted by atomic mass is 10.5. The van der Waals surface area contributed by atoms with E-state index < -0.39 is 8.32 Å². The van der Waals surface area contributed by atoms with Crippen LogP contribution in [0.4, 0.5) is 0 Å². The fraction of sp³-hybridized carbons (Fsp3) is 0.714. The molecule has 0 bridgehead atoms. The molecular formula is C7H15BrOSi. The van der Waals surface area contributed by atoms with Gasteiger partial charge in [-0.2, -0.15) is 0 Å². The molecular weight excluding hydrogens is 208 g/mol. The van der Waals surface area contributed by atoms with Gasteiger partial charge in [-0.25, -0.2) is 0 Å². The maximum atomic E-state index is 5.51. The van der Waals surface area contributed by atoms with Crippen LogP contribution in [0.25, 0.3) is 0 Å². The fourth-order valence-corrected chi connectivity index (χ4v) is 1.09. The van der Waals surface area contributed by atoms with Gasteiger partial charge in [-0.05, 0) is 26.1 Å². The fourth-order valence-electron chi connectivity index (χ4n) is 0.324. The molecule has 10 heavy (non-hydrogen) atoms. The predicted molar refractivity (Wildman–Crippen MR) is 51.7 cm³/mol. The Bertz CT molecular complexity index is 126. The van der Waals surface area contributed by atoms with Gasteiger partial charge in [0.2, 0.25) is 8.32 Å². The zero-order valence-corrected chi connectivity index (χ0v) is 9.66. The van der Waals surface area contributed by atoms with Gasteiger partial charge in [-0.3, -0.25) is 0 Å². The van der Waals surface area contributed by atoms with Gasteiger partial charge in [0.1, 0.15) is 0 Å². The first-order valence-electron chi connectivity index (χ1n) is 3.48. The molecule has 0 N–H and O–H groups in total. The van der Waals surface area contributed by atoms with Crippen LogP contribution in [0.15, 0.2) is 10.7 Å². The molecule has 0 fully saturated rings. The maximum Gasteiger partial charge on any atom is 0.241 e. The maximum absolute atomic E-state index is 5.51. The number of rotatable bonds is 3. The molecule has 0 saturated carbocycles. The largest absolute Gasteiger partial charge is 0.549 e. The minimum absolute atomic E-state index is 1.00. The lowest BCUT2D eigenvalue weighted by molar-refractivity contribution is 0.476. The molecule has 3 heteroatoms. The minimum atomic E-state index is -1.34. The second-order valence-corrected chi connectivity index (χ2v) is 8.63. The van der Waals surface area contributed by atoms with Crippen molar-refractivity contribution in [2.45, 2.75) is 33.0 Å². The summed E-state index contributed by atoms with van der Waals surface area (Å²) >= 11 is 3.39. The first kappa shape index (κ1) is 10.2. The Morgan fingerprint density at radius 1 is 1.50 bits per heavy atom. The van der Waals surface area contributed by atoms with E-state index in [1.54, 1.807) is 0 Å². The van der Waals surface area contributed by atoms with Gasteiger partial charge >= 0.3 is 0 Å². The molecule has 0 aliphatic rings. The van der Waals surface area contributed by atoms with E-state index in [4.69, 9.17) is 4.43 Å². The zero-order chi connectivity index (χ0) is 8.20. The van der Waals surface area contributed by atoms with Crippen molar-refractivity contribution in [3.63, 3.8) is 0 Å². The molecule has 1 nitrogen and oxygen atoms in total. The van der Waals surface area contributed by atoms with Crippen LogP contribution in [0.2, 0.25) is 19.6 Å². The SMILES string of the molecule is CCC(Br)=CO[Si](C)(C)C. The van der Waals surface area contributed by atoms with Gasteiger partial charge < -0.3 is 4.43 Å². The van der Waals surface area contributed by atoms with Crippen LogP contribution in [0, 0.1) is 0 Å². The number of hydrogen-bond donors (Lipinski definition) is 0. The van der Waals surface area contributed by atoms with E-state index in [1.807, 2.05) is 6.26 Å². The van der Waals surface area contributed by atoms with Crippen molar-refractivity contribution in [1.82, 2.24) is 0 Å². The van der Waals surface area contributed by atoms with Crippen LogP contribution in [0.3, 0.4) is 0 Å². The monoisotopic (exact) mass is 222 g/mol. The zero-order valence-electron chi connectivity index (χ0n) is 7.07. The average molecular weight is 223 g/mol. The van der Waals surface area contributed by atoms with E-state index in [2.05, 4.69) is 42.5 Å². The third-order valence-electron chi connectivity index (χ3n) is 0.878. The molecule has 0 spiro atoms. The lowest BCUT2D eigenvalue weighted by Crippen LogP contribution is -2.22. The van der Waals surface area contributed by atoms with Crippen LogP contribution >= 0.6 is 15.9 Å². The molecule has 0 radical (unpaired) electrons. The lowest BCUT2D eigenvalue weighted by Gasteiger charge is -2.15. The van der Waals surface area contributed by atoms with Gasteiger partial charge in [-0.15, -0.1) is 0 Å². The first-order valence-corrected chi connectivity index (χ1v) is 7.68. The number of hydrogen-bond acceptors (Lipinski definition) is 1. The van der Waals surface area contributed by atoms with Gasteiger partial charge in [0, 0.05) is 4.48 Å². The third kappa shape index (κ3) is 6.36. The van der Waals surface area contributed by atoms with Crippen molar-refractivity contribution < 1.29 is 4.43 Å². The normalized spacial score (nSPS) is 13.5. The molecule has 0 aromatic carbocycles. The Kier molecular flexibility index (Phi) is 4.28. The molecule has 0 aromatic rings. The number of halogens is 1. The highest BCUT2D eigenvalue weighted by atomic mass is 79.9. The first-order chi connectivity index (χ1) is 4.45. The van der Waals surface area contributed by atoms with Crippen molar-refractivity contribution in [1.29, 1.82) is 0 Å². The second kappa shape index (κ2) is 4.19. The highest BCUT2D eigenvalue weighted by Gasteiger charge is 2.13. The number of allylic oxidation sites excluding steroid dienone is 1. The smallest absolute Gasteiger partial charge is 0.241 e. The summed E-state index contributed by atoms with van der Waals surface area (Å²) in [6, 6.07) is 0. The van der Waals surface area contributed by atoms with E-state index in [1.165, 1.54) is 0 Å². The molecule has 0 unspecified atom stereocenters. The van der Waals surface area contributed by atoms with E-state index in [-0.39, 0.29) is 0 Å². The van der Waals surface area contributed by atoms with Crippen molar-refractivity contribution in [2.75, 3.05) is 0 Å². The molecule has 0 aromatic heterocycles. The van der Waals surface area contributed by atoms with E-state index in [0.717, 1.165) is 10.9 Å². The molecule has 0 aliphatic heterocycles. The summed E-state index contributed by atoms with van der Waals surface area (Å²) in [6.07, 6.45) is 2.83. The van der Waals surface area contributed by atoms with E-state index in [9.17, 15) is 0 Å². The molecule has 0 atom stereocenters. The summed E-state index contributed by atoms with van der Waals surface area (Å²) in [5.74, 6) is 0. The minimum Gasteiger partial charge on any atom is -0.549 e. The van der Waals surface area contributed by atoms with Crippen molar-refractivity contribution in [3.05, 3.63) is 10.7 Å². The molecule has 0 aliphatic carbocycles. The average Bonchev–Trinajstić information content (AvgIpc) is 1.81. The van der Waals surface area contributed by atoms with Crippen LogP contribution < -0.4 is 0 Å². The Hall–Kier alpha value is 0.237. The summed E-state index contributed by atoms with van der Waals surface area (Å²) < 4.78 is 6.65. The van der Waals surface area contributed by atoms with Crippen LogP contribution in [0.5, 0.6) is 0 Å². The summed E-state index contributed by atoms with van der Waals surface area (Å²) in [7, 11) is -1.34. The predicted octanol–water partition coefficient (Wildman–Crippen LogP) is 3.48. The van der Waals surface area contributed by atoms with Crippen LogP contribution in [0.1, 0.15) is 13.3 Å². The van der Waals surface area contributed by atoms with E-state index in [0.29, 0.717) is 0 Å². The Morgan fingerprint density at radius 2 is 2.00 bits per heavy atom. The molecule has 0 amide bonds. The topological polar surface area (TPSA) is 9.23 Å². The Labute approximate surface area is 72.7 Å². The Balaban J connectivity index is 3.73. The third-order valence-corrected chi connectivity index (χ3v) is 2.45. The summed E-state index contributed by atoms with van der Waals surface area (Å²) in [4.78, 5) is 0. The van der Waals surface area contributed by atoms with Crippen molar-refractivity contribution in [2.24, 2.45) is 0 Å². The second-order valence-electron chi connectivity index (χ2n) is 3.15. The summed E-state index contributed by atoms with van der Waals surface area (Å²) in [6.45, 7) is 8.59. The standard InChI is InChI=1S/C7H15BrOSi/c1-5-7(8)6-9-10(2,3)4/h6H,5H2,1-4H3. The van der Waals surface area contributed by atoms with Crippen molar-refractivity contribution >= 4 is 24.2 Å². The van der Waals surface area contributed by atoms with Gasteiger partial charge in [0.15, 0.2) is 0 Å².